The number of carbonyl (C=O) groups excluding carboxylic acids is 2. The maximum Gasteiger partial charge on any atom is 0.243 e. The fraction of sp³-hybridized carbons (Fsp3) is 0.308. The van der Waals surface area contributed by atoms with Crippen molar-refractivity contribution in [3.63, 3.8) is 0 Å². The lowest BCUT2D eigenvalue weighted by atomic mass is 10.2. The van der Waals surface area contributed by atoms with Crippen molar-refractivity contribution in [2.24, 2.45) is 5.10 Å². The quantitative estimate of drug-likeness (QED) is 0.227. The first kappa shape index (κ1) is 18.6. The molecule has 0 saturated carbocycles. The van der Waals surface area contributed by atoms with Crippen LogP contribution in [0.1, 0.15) is 31.2 Å². The Balaban J connectivity index is 2.39. The third-order valence-electron chi connectivity index (χ3n) is 2.63. The highest BCUT2D eigenvalue weighted by Gasteiger charge is 2.06. The van der Waals surface area contributed by atoms with Crippen LogP contribution in [-0.2, 0) is 9.59 Å². The van der Waals surface area contributed by atoms with Crippen LogP contribution in [0.25, 0.3) is 0 Å². The van der Waals surface area contributed by atoms with Crippen molar-refractivity contribution in [1.29, 1.82) is 0 Å². The first-order valence-corrected chi connectivity index (χ1v) is 7.95. The zero-order valence-corrected chi connectivity index (χ0v) is 14.6. The van der Waals surface area contributed by atoms with Crippen LogP contribution in [0.2, 0.25) is 0 Å². The van der Waals surface area contributed by atoms with Gasteiger partial charge in [0, 0.05) is 22.9 Å². The van der Waals surface area contributed by atoms with E-state index in [1.807, 2.05) is 0 Å². The second-order valence-electron chi connectivity index (χ2n) is 4.36. The molecule has 0 radical (unpaired) electrons. The monoisotopic (exact) mass is 435 g/mol. The lowest BCUT2D eigenvalue weighted by molar-refractivity contribution is -0.129. The van der Waals surface area contributed by atoms with E-state index >= 15 is 0 Å². The van der Waals surface area contributed by atoms with Crippen molar-refractivity contribution in [3.05, 3.63) is 26.6 Å². The van der Waals surface area contributed by atoms with Crippen molar-refractivity contribution >= 4 is 49.9 Å². The van der Waals surface area contributed by atoms with Gasteiger partial charge in [-0.15, -0.1) is 0 Å². The third-order valence-corrected chi connectivity index (χ3v) is 3.70. The first-order valence-electron chi connectivity index (χ1n) is 6.37. The van der Waals surface area contributed by atoms with Crippen LogP contribution in [0.3, 0.4) is 0 Å². The van der Waals surface area contributed by atoms with Gasteiger partial charge >= 0.3 is 0 Å². The summed E-state index contributed by atoms with van der Waals surface area (Å²) in [7, 11) is 0. The Hall–Kier alpha value is -1.45. The van der Waals surface area contributed by atoms with Crippen molar-refractivity contribution in [3.8, 4) is 5.75 Å². The summed E-state index contributed by atoms with van der Waals surface area (Å²) < 4.78 is 1.27. The van der Waals surface area contributed by atoms with E-state index < -0.39 is 5.91 Å². The number of aromatic hydroxyl groups is 1. The molecule has 0 aromatic heterocycles. The van der Waals surface area contributed by atoms with E-state index in [1.54, 1.807) is 12.1 Å². The maximum atomic E-state index is 11.5. The molecule has 0 aliphatic rings. The second-order valence-corrected chi connectivity index (χ2v) is 6.13. The summed E-state index contributed by atoms with van der Waals surface area (Å²) >= 11 is 6.49. The maximum absolute atomic E-state index is 11.5. The molecule has 0 aliphatic heterocycles. The number of phenolic OH excluding ortho intramolecular Hbond substituents is 1. The molecule has 4 N–H and O–H groups in total. The summed E-state index contributed by atoms with van der Waals surface area (Å²) in [5.41, 5.74) is 4.31. The SMILES string of the molecule is O=C(CCCCC(=O)N/N=C/c1cc(Br)cc(Br)c1O)NO. The molecule has 0 spiro atoms. The molecular weight excluding hydrogens is 422 g/mol. The van der Waals surface area contributed by atoms with E-state index in [1.165, 1.54) is 11.7 Å². The topological polar surface area (TPSA) is 111 Å². The highest BCUT2D eigenvalue weighted by Crippen LogP contribution is 2.30. The minimum absolute atomic E-state index is 0.0243. The average Bonchev–Trinajstić information content (AvgIpc) is 2.48. The van der Waals surface area contributed by atoms with Gasteiger partial charge in [-0.1, -0.05) is 15.9 Å². The van der Waals surface area contributed by atoms with Gasteiger partial charge in [0.05, 0.1) is 10.7 Å². The molecule has 1 rings (SSSR count). The predicted octanol–water partition coefficient (Wildman–Crippen LogP) is 2.43. The Morgan fingerprint density at radius 2 is 1.82 bits per heavy atom. The van der Waals surface area contributed by atoms with Crippen molar-refractivity contribution in [1.82, 2.24) is 10.9 Å². The van der Waals surface area contributed by atoms with Crippen LogP contribution in [0.15, 0.2) is 26.2 Å². The predicted molar refractivity (Wildman–Crippen MR) is 87.6 cm³/mol. The summed E-state index contributed by atoms with van der Waals surface area (Å²) in [4.78, 5) is 22.3. The van der Waals surface area contributed by atoms with Crippen LogP contribution in [0.5, 0.6) is 5.75 Å². The standard InChI is InChI=1S/C13H15Br2N3O4/c14-9-5-8(13(21)10(15)6-9)7-16-17-11(19)3-1-2-4-12(20)18-22/h5-7,21-22H,1-4H2,(H,17,19)(H,18,20)/b16-7+. The van der Waals surface area contributed by atoms with E-state index in [-0.39, 0.29) is 24.5 Å². The third kappa shape index (κ3) is 6.54. The first-order chi connectivity index (χ1) is 10.4. The number of benzene rings is 1. The summed E-state index contributed by atoms with van der Waals surface area (Å²) in [5.74, 6) is -0.750. The number of nitrogens with one attached hydrogen (secondary N) is 2. The Morgan fingerprint density at radius 3 is 2.45 bits per heavy atom. The largest absolute Gasteiger partial charge is 0.506 e. The Bertz CT molecular complexity index is 579. The number of hydrazone groups is 1. The molecule has 120 valence electrons. The number of unbranched alkanes of at least 4 members (excludes halogenated alkanes) is 1. The molecule has 0 unspecified atom stereocenters. The van der Waals surface area contributed by atoms with Gasteiger partial charge < -0.3 is 5.11 Å². The molecule has 0 bridgehead atoms. The number of hydroxylamine groups is 1. The average molecular weight is 437 g/mol. The molecule has 1 aromatic carbocycles. The number of rotatable bonds is 7. The summed E-state index contributed by atoms with van der Waals surface area (Å²) in [6.45, 7) is 0. The number of phenols is 1. The van der Waals surface area contributed by atoms with Gasteiger partial charge in [-0.3, -0.25) is 14.8 Å². The molecule has 0 saturated heterocycles. The minimum Gasteiger partial charge on any atom is -0.506 e. The number of hydrogen-bond donors (Lipinski definition) is 4. The number of halogens is 2. The number of carbonyl (C=O) groups is 2. The van der Waals surface area contributed by atoms with Crippen LogP contribution < -0.4 is 10.9 Å². The van der Waals surface area contributed by atoms with Crippen LogP contribution in [0.4, 0.5) is 0 Å². The van der Waals surface area contributed by atoms with E-state index in [4.69, 9.17) is 5.21 Å². The van der Waals surface area contributed by atoms with Crippen LogP contribution in [0, 0.1) is 0 Å². The van der Waals surface area contributed by atoms with Gasteiger partial charge in [-0.2, -0.15) is 5.10 Å². The van der Waals surface area contributed by atoms with Gasteiger partial charge in [0.2, 0.25) is 11.8 Å². The van der Waals surface area contributed by atoms with Gasteiger partial charge in [-0.25, -0.2) is 10.9 Å². The van der Waals surface area contributed by atoms with E-state index in [2.05, 4.69) is 42.4 Å². The molecule has 2 amide bonds. The van der Waals surface area contributed by atoms with Crippen LogP contribution >= 0.6 is 31.9 Å². The Kier molecular flexibility index (Phi) is 8.07. The lowest BCUT2D eigenvalue weighted by Crippen LogP contribution is -2.19. The number of nitrogens with zero attached hydrogens (tertiary/aromatic N) is 1. The zero-order chi connectivity index (χ0) is 16.5. The lowest BCUT2D eigenvalue weighted by Gasteiger charge is -2.03. The highest BCUT2D eigenvalue weighted by atomic mass is 79.9. The molecule has 0 heterocycles. The minimum atomic E-state index is -0.478. The molecular formula is C13H15Br2N3O4. The van der Waals surface area contributed by atoms with Gasteiger partial charge in [-0.05, 0) is 40.9 Å². The summed E-state index contributed by atoms with van der Waals surface area (Å²) in [6, 6.07) is 3.34. The van der Waals surface area contributed by atoms with Crippen molar-refractivity contribution in [2.75, 3.05) is 0 Å². The highest BCUT2D eigenvalue weighted by molar-refractivity contribution is 9.11. The van der Waals surface area contributed by atoms with Crippen molar-refractivity contribution in [2.45, 2.75) is 25.7 Å². The van der Waals surface area contributed by atoms with Gasteiger partial charge in [0.15, 0.2) is 0 Å². The number of hydrogen-bond acceptors (Lipinski definition) is 5. The van der Waals surface area contributed by atoms with Gasteiger partial charge in [0.1, 0.15) is 5.75 Å². The molecule has 9 heteroatoms. The van der Waals surface area contributed by atoms with Gasteiger partial charge in [0.25, 0.3) is 0 Å². The van der Waals surface area contributed by atoms with E-state index in [9.17, 15) is 14.7 Å². The Labute approximate surface area is 144 Å². The number of amides is 2. The second kappa shape index (κ2) is 9.54. The van der Waals surface area contributed by atoms with Crippen molar-refractivity contribution < 1.29 is 19.9 Å². The normalized spacial score (nSPS) is 10.7. The molecule has 1 aromatic rings. The summed E-state index contributed by atoms with van der Waals surface area (Å²) in [5, 5.41) is 21.9. The summed E-state index contributed by atoms with van der Waals surface area (Å²) in [6.07, 6.45) is 2.70. The van der Waals surface area contributed by atoms with Crippen LogP contribution in [-0.4, -0.2) is 28.3 Å². The Morgan fingerprint density at radius 1 is 1.18 bits per heavy atom. The molecule has 7 nitrogen and oxygen atoms in total. The van der Waals surface area contributed by atoms with E-state index in [0.717, 1.165) is 4.47 Å². The molecule has 0 fully saturated rings. The molecule has 0 atom stereocenters. The van der Waals surface area contributed by atoms with E-state index in [0.29, 0.717) is 22.9 Å². The fourth-order valence-electron chi connectivity index (χ4n) is 1.54. The fourth-order valence-corrected chi connectivity index (χ4v) is 2.80. The molecule has 0 aliphatic carbocycles. The zero-order valence-electron chi connectivity index (χ0n) is 11.5. The smallest absolute Gasteiger partial charge is 0.243 e. The molecule has 22 heavy (non-hydrogen) atoms.